The summed E-state index contributed by atoms with van der Waals surface area (Å²) in [6.45, 7) is 8.03. The fourth-order valence-corrected chi connectivity index (χ4v) is 2.47. The minimum atomic E-state index is -0.201. The monoisotopic (exact) mass is 312 g/mol. The van der Waals surface area contributed by atoms with Crippen LogP contribution in [0.4, 0.5) is 5.69 Å². The third-order valence-corrected chi connectivity index (χ3v) is 3.68. The summed E-state index contributed by atoms with van der Waals surface area (Å²) >= 11 is 5.21. The van der Waals surface area contributed by atoms with E-state index in [1.54, 1.807) is 0 Å². The van der Waals surface area contributed by atoms with E-state index in [0.29, 0.717) is 10.7 Å². The van der Waals surface area contributed by atoms with Crippen molar-refractivity contribution in [2.24, 2.45) is 0 Å². The zero-order valence-corrected chi connectivity index (χ0v) is 14.1. The van der Waals surface area contributed by atoms with E-state index >= 15 is 0 Å². The van der Waals surface area contributed by atoms with Gasteiger partial charge in [-0.05, 0) is 75.3 Å². The van der Waals surface area contributed by atoms with E-state index in [4.69, 9.17) is 12.2 Å². The molecule has 0 saturated carbocycles. The van der Waals surface area contributed by atoms with Crippen molar-refractivity contribution < 1.29 is 4.79 Å². The Morgan fingerprint density at radius 3 is 2.14 bits per heavy atom. The molecule has 0 radical (unpaired) electrons. The number of hydrogen-bond donors (Lipinski definition) is 2. The minimum absolute atomic E-state index is 0.201. The van der Waals surface area contributed by atoms with Gasteiger partial charge in [-0.25, -0.2) is 0 Å². The number of thiocarbonyl (C=S) groups is 1. The van der Waals surface area contributed by atoms with Gasteiger partial charge < -0.3 is 5.32 Å². The van der Waals surface area contributed by atoms with Gasteiger partial charge in [-0.1, -0.05) is 23.3 Å². The number of anilines is 1. The summed E-state index contributed by atoms with van der Waals surface area (Å²) in [6, 6.07) is 11.7. The van der Waals surface area contributed by atoms with Crippen LogP contribution in [-0.4, -0.2) is 11.0 Å². The normalized spacial score (nSPS) is 10.2. The molecule has 0 spiro atoms. The molecule has 0 aliphatic carbocycles. The minimum Gasteiger partial charge on any atom is -0.332 e. The van der Waals surface area contributed by atoms with Gasteiger partial charge in [-0.15, -0.1) is 0 Å². The molecule has 2 N–H and O–H groups in total. The molecule has 0 fully saturated rings. The average molecular weight is 312 g/mol. The van der Waals surface area contributed by atoms with Crippen molar-refractivity contribution in [1.82, 2.24) is 5.32 Å². The summed E-state index contributed by atoms with van der Waals surface area (Å²) < 4.78 is 0. The smallest absolute Gasteiger partial charge is 0.257 e. The number of aryl methyl sites for hydroxylation is 4. The number of amides is 1. The van der Waals surface area contributed by atoms with E-state index in [1.165, 1.54) is 11.1 Å². The highest BCUT2D eigenvalue weighted by molar-refractivity contribution is 7.80. The number of rotatable bonds is 2. The van der Waals surface area contributed by atoms with Gasteiger partial charge in [0.2, 0.25) is 0 Å². The Morgan fingerprint density at radius 2 is 1.55 bits per heavy atom. The second-order valence-corrected chi connectivity index (χ2v) is 5.99. The molecule has 3 nitrogen and oxygen atoms in total. The van der Waals surface area contributed by atoms with Gasteiger partial charge in [0.25, 0.3) is 5.91 Å². The maximum Gasteiger partial charge on any atom is 0.257 e. The van der Waals surface area contributed by atoms with Crippen LogP contribution < -0.4 is 10.6 Å². The Hall–Kier alpha value is -2.20. The lowest BCUT2D eigenvalue weighted by atomic mass is 10.1. The summed E-state index contributed by atoms with van der Waals surface area (Å²) in [7, 11) is 0. The lowest BCUT2D eigenvalue weighted by molar-refractivity contribution is 0.0977. The van der Waals surface area contributed by atoms with E-state index in [1.807, 2.05) is 57.2 Å². The molecule has 0 bridgehead atoms. The van der Waals surface area contributed by atoms with Gasteiger partial charge in [0.15, 0.2) is 5.11 Å². The van der Waals surface area contributed by atoms with Crippen molar-refractivity contribution in [1.29, 1.82) is 0 Å². The van der Waals surface area contributed by atoms with E-state index in [2.05, 4.69) is 17.6 Å². The van der Waals surface area contributed by atoms with Gasteiger partial charge in [0, 0.05) is 11.3 Å². The van der Waals surface area contributed by atoms with E-state index < -0.39 is 0 Å². The quantitative estimate of drug-likeness (QED) is 0.822. The highest BCUT2D eigenvalue weighted by atomic mass is 32.1. The Kier molecular flexibility index (Phi) is 4.93. The predicted molar refractivity (Wildman–Crippen MR) is 95.5 cm³/mol. The molecule has 0 aliphatic rings. The Labute approximate surface area is 136 Å². The van der Waals surface area contributed by atoms with Crippen molar-refractivity contribution in [2.75, 3.05) is 5.32 Å². The molecule has 0 unspecified atom stereocenters. The molecular formula is C18H20N2OS. The highest BCUT2D eigenvalue weighted by Gasteiger charge is 2.09. The molecule has 2 aromatic rings. The third-order valence-electron chi connectivity index (χ3n) is 3.48. The molecule has 22 heavy (non-hydrogen) atoms. The van der Waals surface area contributed by atoms with E-state index in [-0.39, 0.29) is 5.91 Å². The first-order chi connectivity index (χ1) is 10.3. The Morgan fingerprint density at radius 1 is 0.909 bits per heavy atom. The number of hydrogen-bond acceptors (Lipinski definition) is 2. The predicted octanol–water partition coefficient (Wildman–Crippen LogP) is 4.05. The SMILES string of the molecule is Cc1cc(C)cc(C(=O)NC(=S)Nc2ccc(C)c(C)c2)c1. The molecule has 1 amide bonds. The largest absolute Gasteiger partial charge is 0.332 e. The number of benzene rings is 2. The van der Waals surface area contributed by atoms with Crippen molar-refractivity contribution in [3.63, 3.8) is 0 Å². The molecule has 4 heteroatoms. The molecule has 0 aliphatic heterocycles. The second-order valence-electron chi connectivity index (χ2n) is 5.58. The lowest BCUT2D eigenvalue weighted by Crippen LogP contribution is -2.34. The van der Waals surface area contributed by atoms with E-state index in [0.717, 1.165) is 16.8 Å². The van der Waals surface area contributed by atoms with Crippen molar-refractivity contribution in [2.45, 2.75) is 27.7 Å². The second kappa shape index (κ2) is 6.71. The van der Waals surface area contributed by atoms with Gasteiger partial charge in [0.1, 0.15) is 0 Å². The first-order valence-corrected chi connectivity index (χ1v) is 7.54. The van der Waals surface area contributed by atoms with Crippen LogP contribution in [0.3, 0.4) is 0 Å². The van der Waals surface area contributed by atoms with Crippen LogP contribution in [0, 0.1) is 27.7 Å². The summed E-state index contributed by atoms with van der Waals surface area (Å²) in [5, 5.41) is 6.05. The zero-order valence-electron chi connectivity index (χ0n) is 13.3. The summed E-state index contributed by atoms with van der Waals surface area (Å²) in [6.07, 6.45) is 0. The first-order valence-electron chi connectivity index (χ1n) is 7.13. The van der Waals surface area contributed by atoms with E-state index in [9.17, 15) is 4.79 Å². The maximum atomic E-state index is 12.2. The van der Waals surface area contributed by atoms with Gasteiger partial charge >= 0.3 is 0 Å². The van der Waals surface area contributed by atoms with Crippen LogP contribution in [0.1, 0.15) is 32.6 Å². The topological polar surface area (TPSA) is 41.1 Å². The standard InChI is InChI=1S/C18H20N2OS/c1-11-7-12(2)9-15(8-11)17(21)20-18(22)19-16-6-5-13(3)14(4)10-16/h5-10H,1-4H3,(H2,19,20,21,22). The zero-order chi connectivity index (χ0) is 16.3. The average Bonchev–Trinajstić information content (AvgIpc) is 2.41. The van der Waals surface area contributed by atoms with Crippen molar-refractivity contribution in [3.8, 4) is 0 Å². The van der Waals surface area contributed by atoms with Crippen LogP contribution in [0.2, 0.25) is 0 Å². The van der Waals surface area contributed by atoms with Crippen molar-refractivity contribution in [3.05, 3.63) is 64.2 Å². The fourth-order valence-electron chi connectivity index (χ4n) is 2.26. The summed E-state index contributed by atoms with van der Waals surface area (Å²) in [4.78, 5) is 12.2. The molecule has 0 atom stereocenters. The van der Waals surface area contributed by atoms with Crippen LogP contribution in [0.25, 0.3) is 0 Å². The summed E-state index contributed by atoms with van der Waals surface area (Å²) in [5.74, 6) is -0.201. The molecule has 2 rings (SSSR count). The maximum absolute atomic E-state index is 12.2. The van der Waals surface area contributed by atoms with Gasteiger partial charge in [-0.2, -0.15) is 0 Å². The molecule has 0 heterocycles. The molecule has 0 aromatic heterocycles. The molecule has 114 valence electrons. The third kappa shape index (κ3) is 4.15. The van der Waals surface area contributed by atoms with Crippen LogP contribution in [0.5, 0.6) is 0 Å². The Bertz CT molecular complexity index is 718. The van der Waals surface area contributed by atoms with Crippen LogP contribution in [-0.2, 0) is 0 Å². The number of carbonyl (C=O) groups excluding carboxylic acids is 1. The molecule has 0 saturated heterocycles. The Balaban J connectivity index is 2.04. The first kappa shape index (κ1) is 16.2. The van der Waals surface area contributed by atoms with Crippen LogP contribution in [0.15, 0.2) is 36.4 Å². The lowest BCUT2D eigenvalue weighted by Gasteiger charge is -2.11. The van der Waals surface area contributed by atoms with Crippen molar-refractivity contribution >= 4 is 28.9 Å². The summed E-state index contributed by atoms with van der Waals surface area (Å²) in [5.41, 5.74) is 5.98. The number of carbonyl (C=O) groups is 1. The number of nitrogens with one attached hydrogen (secondary N) is 2. The fraction of sp³-hybridized carbons (Fsp3) is 0.222. The van der Waals surface area contributed by atoms with Gasteiger partial charge in [-0.3, -0.25) is 10.1 Å². The van der Waals surface area contributed by atoms with Crippen LogP contribution >= 0.6 is 12.2 Å². The molecule has 2 aromatic carbocycles. The molecular weight excluding hydrogens is 292 g/mol. The highest BCUT2D eigenvalue weighted by Crippen LogP contribution is 2.14. The van der Waals surface area contributed by atoms with Gasteiger partial charge in [0.05, 0.1) is 0 Å².